The quantitative estimate of drug-likeness (QED) is 0.407. The van der Waals surface area contributed by atoms with Crippen LogP contribution in [-0.2, 0) is 9.59 Å². The van der Waals surface area contributed by atoms with Gasteiger partial charge in [0.05, 0.1) is 4.92 Å². The summed E-state index contributed by atoms with van der Waals surface area (Å²) in [4.78, 5) is 32.0. The third-order valence-corrected chi connectivity index (χ3v) is 2.23. The molecule has 0 unspecified atom stereocenters. The van der Waals surface area contributed by atoms with Crippen LogP contribution in [0.15, 0.2) is 24.3 Å². The molecule has 21 heavy (non-hydrogen) atoms. The van der Waals surface area contributed by atoms with Gasteiger partial charge in [-0.25, -0.2) is 0 Å². The predicted molar refractivity (Wildman–Crippen MR) is 76.3 cm³/mol. The standard InChI is InChI=1S/C11H12N4O5S/c1-7(16)12-11(21)14-13-10(17)6-20-9-4-2-8(3-5-9)15(18)19/h2-5H,6H2,1H3,(H,13,17)(H2,12,14,16,21). The summed E-state index contributed by atoms with van der Waals surface area (Å²) in [5, 5.41) is 12.7. The predicted octanol–water partition coefficient (Wildman–Crippen LogP) is 0.0154. The third kappa shape index (κ3) is 6.29. The number of hydrazine groups is 1. The minimum absolute atomic E-state index is 0.0498. The van der Waals surface area contributed by atoms with Crippen molar-refractivity contribution in [3.05, 3.63) is 34.4 Å². The highest BCUT2D eigenvalue weighted by molar-refractivity contribution is 7.80. The van der Waals surface area contributed by atoms with Crippen molar-refractivity contribution in [2.75, 3.05) is 6.61 Å². The Bertz CT molecular complexity index is 560. The lowest BCUT2D eigenvalue weighted by molar-refractivity contribution is -0.384. The highest BCUT2D eigenvalue weighted by atomic mass is 32.1. The largest absolute Gasteiger partial charge is 0.484 e. The molecular weight excluding hydrogens is 300 g/mol. The lowest BCUT2D eigenvalue weighted by Gasteiger charge is -2.10. The van der Waals surface area contributed by atoms with Crippen molar-refractivity contribution >= 4 is 34.8 Å². The van der Waals surface area contributed by atoms with Gasteiger partial charge < -0.3 is 10.1 Å². The summed E-state index contributed by atoms with van der Waals surface area (Å²) < 4.78 is 5.11. The van der Waals surface area contributed by atoms with E-state index in [4.69, 9.17) is 17.0 Å². The van der Waals surface area contributed by atoms with E-state index in [-0.39, 0.29) is 23.3 Å². The van der Waals surface area contributed by atoms with Crippen LogP contribution in [-0.4, -0.2) is 28.5 Å². The summed E-state index contributed by atoms with van der Waals surface area (Å²) >= 11 is 4.70. The summed E-state index contributed by atoms with van der Waals surface area (Å²) in [7, 11) is 0. The normalized spacial score (nSPS) is 9.38. The highest BCUT2D eigenvalue weighted by Crippen LogP contribution is 2.16. The molecule has 1 aromatic carbocycles. The van der Waals surface area contributed by atoms with Gasteiger partial charge in [0.15, 0.2) is 11.7 Å². The van der Waals surface area contributed by atoms with E-state index in [0.29, 0.717) is 5.75 Å². The van der Waals surface area contributed by atoms with Crippen molar-refractivity contribution < 1.29 is 19.2 Å². The first-order chi connectivity index (χ1) is 9.88. The van der Waals surface area contributed by atoms with Crippen molar-refractivity contribution in [2.24, 2.45) is 0 Å². The Morgan fingerprint density at radius 2 is 1.90 bits per heavy atom. The van der Waals surface area contributed by atoms with Gasteiger partial charge in [0.2, 0.25) is 5.91 Å². The van der Waals surface area contributed by atoms with Crippen molar-refractivity contribution in [1.29, 1.82) is 0 Å². The fraction of sp³-hybridized carbons (Fsp3) is 0.182. The Morgan fingerprint density at radius 1 is 1.29 bits per heavy atom. The SMILES string of the molecule is CC(=O)NC(=S)NNC(=O)COc1ccc([N+](=O)[O-])cc1. The number of hydrogen-bond acceptors (Lipinski definition) is 6. The van der Waals surface area contributed by atoms with Gasteiger partial charge in [0, 0.05) is 19.1 Å². The van der Waals surface area contributed by atoms with E-state index in [2.05, 4.69) is 16.2 Å². The molecule has 0 heterocycles. The molecule has 0 aliphatic rings. The number of hydrogen-bond donors (Lipinski definition) is 3. The lowest BCUT2D eigenvalue weighted by atomic mass is 10.3. The van der Waals surface area contributed by atoms with Crippen LogP contribution in [0.25, 0.3) is 0 Å². The summed E-state index contributed by atoms with van der Waals surface area (Å²) in [6, 6.07) is 5.27. The molecule has 2 amide bonds. The van der Waals surface area contributed by atoms with Crippen LogP contribution in [0.4, 0.5) is 5.69 Å². The van der Waals surface area contributed by atoms with Crippen LogP contribution in [0.5, 0.6) is 5.75 Å². The minimum atomic E-state index is -0.541. The fourth-order valence-electron chi connectivity index (χ4n) is 1.17. The highest BCUT2D eigenvalue weighted by Gasteiger charge is 2.07. The van der Waals surface area contributed by atoms with Gasteiger partial charge in [-0.15, -0.1) is 0 Å². The Hall–Kier alpha value is -2.75. The molecular formula is C11H12N4O5S. The average Bonchev–Trinajstić information content (AvgIpc) is 2.42. The molecule has 0 radical (unpaired) electrons. The summed E-state index contributed by atoms with van der Waals surface area (Å²) in [5.74, 6) is -0.606. The number of amides is 2. The van der Waals surface area contributed by atoms with Crippen molar-refractivity contribution in [1.82, 2.24) is 16.2 Å². The smallest absolute Gasteiger partial charge is 0.276 e. The van der Waals surface area contributed by atoms with E-state index < -0.39 is 10.8 Å². The minimum Gasteiger partial charge on any atom is -0.484 e. The Balaban J connectivity index is 2.34. The van der Waals surface area contributed by atoms with Gasteiger partial charge in [-0.05, 0) is 24.4 Å². The van der Waals surface area contributed by atoms with Gasteiger partial charge in [-0.1, -0.05) is 0 Å². The molecule has 3 N–H and O–H groups in total. The number of nitrogens with zero attached hydrogens (tertiary/aromatic N) is 1. The topological polar surface area (TPSA) is 123 Å². The summed E-state index contributed by atoms with van der Waals surface area (Å²) in [6.07, 6.45) is 0. The first-order valence-corrected chi connectivity index (χ1v) is 6.03. The molecule has 112 valence electrons. The number of carbonyl (C=O) groups excluding carboxylic acids is 2. The first-order valence-electron chi connectivity index (χ1n) is 5.62. The Morgan fingerprint density at radius 3 is 2.43 bits per heavy atom. The van der Waals surface area contributed by atoms with E-state index in [1.54, 1.807) is 0 Å². The van der Waals surface area contributed by atoms with Gasteiger partial charge in [0.25, 0.3) is 11.6 Å². The first kappa shape index (κ1) is 16.3. The number of nitro benzene ring substituents is 1. The van der Waals surface area contributed by atoms with E-state index in [1.165, 1.54) is 31.2 Å². The zero-order valence-corrected chi connectivity index (χ0v) is 11.7. The molecule has 0 fully saturated rings. The monoisotopic (exact) mass is 312 g/mol. The average molecular weight is 312 g/mol. The maximum Gasteiger partial charge on any atom is 0.276 e. The molecule has 1 rings (SSSR count). The number of thiocarbonyl (C=S) groups is 1. The number of benzene rings is 1. The molecule has 0 atom stereocenters. The number of nitro groups is 1. The molecule has 0 aliphatic carbocycles. The van der Waals surface area contributed by atoms with Crippen LogP contribution in [0.3, 0.4) is 0 Å². The van der Waals surface area contributed by atoms with Crippen LogP contribution in [0, 0.1) is 10.1 Å². The van der Waals surface area contributed by atoms with Crippen molar-refractivity contribution in [2.45, 2.75) is 6.92 Å². The third-order valence-electron chi connectivity index (χ3n) is 2.02. The van der Waals surface area contributed by atoms with E-state index in [0.717, 1.165) is 0 Å². The van der Waals surface area contributed by atoms with Gasteiger partial charge >= 0.3 is 0 Å². The van der Waals surface area contributed by atoms with Crippen LogP contribution in [0.1, 0.15) is 6.92 Å². The lowest BCUT2D eigenvalue weighted by Crippen LogP contribution is -2.49. The number of non-ortho nitro benzene ring substituents is 1. The summed E-state index contributed by atoms with van der Waals surface area (Å²) in [6.45, 7) is 0.945. The Kier molecular flexibility index (Phi) is 6.01. The molecule has 0 saturated heterocycles. The van der Waals surface area contributed by atoms with Crippen LogP contribution >= 0.6 is 12.2 Å². The van der Waals surface area contributed by atoms with Crippen molar-refractivity contribution in [3.63, 3.8) is 0 Å². The zero-order chi connectivity index (χ0) is 15.8. The molecule has 1 aromatic rings. The number of rotatable bonds is 4. The maximum atomic E-state index is 11.4. The molecule has 0 saturated carbocycles. The van der Waals surface area contributed by atoms with Gasteiger partial charge in [-0.2, -0.15) is 0 Å². The second-order valence-corrected chi connectivity index (χ2v) is 4.13. The molecule has 0 aliphatic heterocycles. The molecule has 9 nitrogen and oxygen atoms in total. The maximum absolute atomic E-state index is 11.4. The molecule has 0 bridgehead atoms. The summed E-state index contributed by atoms with van der Waals surface area (Å²) in [5.41, 5.74) is 4.44. The van der Waals surface area contributed by atoms with Crippen molar-refractivity contribution in [3.8, 4) is 5.75 Å². The second kappa shape index (κ2) is 7.75. The molecule has 0 spiro atoms. The number of nitrogens with one attached hydrogen (secondary N) is 3. The second-order valence-electron chi connectivity index (χ2n) is 3.72. The molecule has 0 aromatic heterocycles. The van der Waals surface area contributed by atoms with E-state index >= 15 is 0 Å². The molecule has 10 heteroatoms. The van der Waals surface area contributed by atoms with E-state index in [9.17, 15) is 19.7 Å². The van der Waals surface area contributed by atoms with Gasteiger partial charge in [0.1, 0.15) is 5.75 Å². The fourth-order valence-corrected chi connectivity index (χ4v) is 1.36. The number of carbonyl (C=O) groups is 2. The zero-order valence-electron chi connectivity index (χ0n) is 10.9. The van der Waals surface area contributed by atoms with Crippen LogP contribution < -0.4 is 20.9 Å². The van der Waals surface area contributed by atoms with E-state index in [1.807, 2.05) is 0 Å². The van der Waals surface area contributed by atoms with Gasteiger partial charge in [-0.3, -0.25) is 30.6 Å². The number of ether oxygens (including phenoxy) is 1. The Labute approximate surface area is 124 Å². The van der Waals surface area contributed by atoms with Crippen LogP contribution in [0.2, 0.25) is 0 Å².